The number of H-pyrrole nitrogens is 1. The van der Waals surface area contributed by atoms with Crippen LogP contribution in [-0.4, -0.2) is 68.4 Å². The predicted octanol–water partition coefficient (Wildman–Crippen LogP) is 0.111. The van der Waals surface area contributed by atoms with Crippen molar-refractivity contribution in [3.05, 3.63) is 64.6 Å². The minimum absolute atomic E-state index is 0.140. The number of aromatic amines is 1. The van der Waals surface area contributed by atoms with Crippen LogP contribution in [0.2, 0.25) is 0 Å². The van der Waals surface area contributed by atoms with Gasteiger partial charge in [-0.1, -0.05) is 18.2 Å². The van der Waals surface area contributed by atoms with Gasteiger partial charge >= 0.3 is 0 Å². The fourth-order valence-electron chi connectivity index (χ4n) is 2.96. The molecule has 0 saturated carbocycles. The minimum Gasteiger partial charge on any atom is -0.336 e. The maximum absolute atomic E-state index is 12.4. The van der Waals surface area contributed by atoms with Gasteiger partial charge in [-0.3, -0.25) is 14.5 Å². The summed E-state index contributed by atoms with van der Waals surface area (Å²) in [6.07, 6.45) is 1.49. The molecule has 1 aliphatic rings. The van der Waals surface area contributed by atoms with Gasteiger partial charge in [0.25, 0.3) is 11.5 Å². The largest absolute Gasteiger partial charge is 0.336 e. The van der Waals surface area contributed by atoms with E-state index < -0.39 is 10.0 Å². The number of nitrogens with zero attached hydrogens (tertiary/aromatic N) is 2. The van der Waals surface area contributed by atoms with Crippen LogP contribution in [-0.2, 0) is 10.0 Å². The van der Waals surface area contributed by atoms with E-state index in [1.54, 1.807) is 41.3 Å². The molecule has 1 saturated heterocycles. The summed E-state index contributed by atoms with van der Waals surface area (Å²) in [6.45, 7) is 3.10. The second-order valence-electron chi connectivity index (χ2n) is 6.26. The summed E-state index contributed by atoms with van der Waals surface area (Å²) in [6, 6.07) is 11.4. The molecule has 1 aromatic heterocycles. The van der Waals surface area contributed by atoms with Gasteiger partial charge in [0.05, 0.1) is 4.90 Å². The van der Waals surface area contributed by atoms with Crippen molar-refractivity contribution < 1.29 is 13.2 Å². The lowest BCUT2D eigenvalue weighted by Crippen LogP contribution is -2.50. The number of sulfonamides is 1. The van der Waals surface area contributed by atoms with E-state index in [1.165, 1.54) is 12.3 Å². The van der Waals surface area contributed by atoms with Gasteiger partial charge in [-0.25, -0.2) is 13.1 Å². The maximum Gasteiger partial charge on any atom is 0.260 e. The first kappa shape index (κ1) is 19.3. The number of aromatic nitrogens is 1. The molecule has 0 aliphatic carbocycles. The first-order chi connectivity index (χ1) is 13.0. The second-order valence-corrected chi connectivity index (χ2v) is 8.02. The monoisotopic (exact) mass is 390 g/mol. The third-order valence-electron chi connectivity index (χ3n) is 4.48. The Labute approximate surface area is 157 Å². The Morgan fingerprint density at radius 2 is 1.74 bits per heavy atom. The Morgan fingerprint density at radius 1 is 1.04 bits per heavy atom. The van der Waals surface area contributed by atoms with E-state index in [0.29, 0.717) is 39.3 Å². The quantitative estimate of drug-likeness (QED) is 0.729. The van der Waals surface area contributed by atoms with Crippen molar-refractivity contribution >= 4 is 15.9 Å². The molecule has 0 bridgehead atoms. The first-order valence-corrected chi connectivity index (χ1v) is 10.2. The van der Waals surface area contributed by atoms with Gasteiger partial charge in [0.15, 0.2) is 0 Å². The Balaban J connectivity index is 1.47. The number of rotatable bonds is 6. The second kappa shape index (κ2) is 8.47. The Morgan fingerprint density at radius 3 is 2.41 bits per heavy atom. The maximum atomic E-state index is 12.4. The summed E-state index contributed by atoms with van der Waals surface area (Å²) in [4.78, 5) is 30.7. The predicted molar refractivity (Wildman–Crippen MR) is 101 cm³/mol. The standard InChI is InChI=1S/C18H22N4O4S/c23-17-16(7-4-8-19-17)18(24)22-13-11-21(12-14-22)10-9-20-27(25,26)15-5-2-1-3-6-15/h1-8,20H,9-14H2,(H,19,23). The third kappa shape index (κ3) is 4.82. The van der Waals surface area contributed by atoms with Gasteiger partial charge in [-0.2, -0.15) is 0 Å². The first-order valence-electron chi connectivity index (χ1n) is 8.71. The van der Waals surface area contributed by atoms with Crippen LogP contribution in [0.4, 0.5) is 0 Å². The van der Waals surface area contributed by atoms with Gasteiger partial charge in [0, 0.05) is 45.5 Å². The van der Waals surface area contributed by atoms with Crippen LogP contribution in [0.5, 0.6) is 0 Å². The molecule has 1 fully saturated rings. The topological polar surface area (TPSA) is 103 Å². The molecule has 0 atom stereocenters. The summed E-state index contributed by atoms with van der Waals surface area (Å²) in [7, 11) is -3.51. The van der Waals surface area contributed by atoms with E-state index in [4.69, 9.17) is 0 Å². The molecule has 27 heavy (non-hydrogen) atoms. The summed E-state index contributed by atoms with van der Waals surface area (Å²) < 4.78 is 27.0. The van der Waals surface area contributed by atoms with E-state index in [1.807, 2.05) is 0 Å². The number of pyridine rings is 1. The molecule has 1 aromatic carbocycles. The van der Waals surface area contributed by atoms with E-state index >= 15 is 0 Å². The van der Waals surface area contributed by atoms with Crippen LogP contribution >= 0.6 is 0 Å². The Bertz CT molecular complexity index is 935. The molecule has 2 aromatic rings. The molecule has 2 heterocycles. The van der Waals surface area contributed by atoms with Crippen molar-refractivity contribution in [3.8, 4) is 0 Å². The Hall–Kier alpha value is -2.49. The van der Waals surface area contributed by atoms with Crippen molar-refractivity contribution in [3.63, 3.8) is 0 Å². The summed E-state index contributed by atoms with van der Waals surface area (Å²) >= 11 is 0. The molecule has 3 rings (SSSR count). The highest BCUT2D eigenvalue weighted by molar-refractivity contribution is 7.89. The SMILES string of the molecule is O=C(c1ccc[nH]c1=O)N1CCN(CCNS(=O)(=O)c2ccccc2)CC1. The van der Waals surface area contributed by atoms with Crippen LogP contribution in [0, 0.1) is 0 Å². The highest BCUT2D eigenvalue weighted by Gasteiger charge is 2.23. The highest BCUT2D eigenvalue weighted by Crippen LogP contribution is 2.08. The van der Waals surface area contributed by atoms with Crippen molar-refractivity contribution in [2.45, 2.75) is 4.90 Å². The third-order valence-corrected chi connectivity index (χ3v) is 5.96. The molecule has 144 valence electrons. The van der Waals surface area contributed by atoms with E-state index in [-0.39, 0.29) is 21.9 Å². The van der Waals surface area contributed by atoms with Gasteiger partial charge in [-0.15, -0.1) is 0 Å². The average Bonchev–Trinajstić information content (AvgIpc) is 2.69. The van der Waals surface area contributed by atoms with E-state index in [0.717, 1.165) is 0 Å². The van der Waals surface area contributed by atoms with Gasteiger partial charge in [-0.05, 0) is 24.3 Å². The lowest BCUT2D eigenvalue weighted by Gasteiger charge is -2.34. The minimum atomic E-state index is -3.51. The number of piperazine rings is 1. The normalized spacial score (nSPS) is 15.6. The fourth-order valence-corrected chi connectivity index (χ4v) is 4.00. The van der Waals surface area contributed by atoms with E-state index in [2.05, 4.69) is 14.6 Å². The zero-order valence-electron chi connectivity index (χ0n) is 14.8. The Kier molecular flexibility index (Phi) is 6.04. The summed E-state index contributed by atoms with van der Waals surface area (Å²) in [5.74, 6) is -0.277. The summed E-state index contributed by atoms with van der Waals surface area (Å²) in [5, 5.41) is 0. The number of amides is 1. The van der Waals surface area contributed by atoms with Crippen molar-refractivity contribution in [1.29, 1.82) is 0 Å². The van der Waals surface area contributed by atoms with Crippen LogP contribution in [0.15, 0.2) is 58.4 Å². The number of carbonyl (C=O) groups excluding carboxylic acids is 1. The van der Waals surface area contributed by atoms with Crippen LogP contribution < -0.4 is 10.3 Å². The molecular formula is C18H22N4O4S. The van der Waals surface area contributed by atoms with Gasteiger partial charge < -0.3 is 9.88 Å². The van der Waals surface area contributed by atoms with Crippen molar-refractivity contribution in [2.75, 3.05) is 39.3 Å². The lowest BCUT2D eigenvalue weighted by atomic mass is 10.2. The lowest BCUT2D eigenvalue weighted by molar-refractivity contribution is 0.0638. The fraction of sp³-hybridized carbons (Fsp3) is 0.333. The molecule has 2 N–H and O–H groups in total. The highest BCUT2D eigenvalue weighted by atomic mass is 32.2. The summed E-state index contributed by atoms with van der Waals surface area (Å²) in [5.41, 5.74) is -0.248. The number of hydrogen-bond donors (Lipinski definition) is 2. The number of carbonyl (C=O) groups is 1. The molecule has 1 aliphatic heterocycles. The molecular weight excluding hydrogens is 368 g/mol. The zero-order chi connectivity index (χ0) is 19.3. The van der Waals surface area contributed by atoms with Crippen LogP contribution in [0.1, 0.15) is 10.4 Å². The molecule has 1 amide bonds. The zero-order valence-corrected chi connectivity index (χ0v) is 15.6. The molecule has 0 unspecified atom stereocenters. The van der Waals surface area contributed by atoms with Crippen molar-refractivity contribution in [2.24, 2.45) is 0 Å². The molecule has 0 spiro atoms. The number of hydrogen-bond acceptors (Lipinski definition) is 5. The molecule has 0 radical (unpaired) electrons. The molecule has 8 nitrogen and oxygen atoms in total. The van der Waals surface area contributed by atoms with Crippen LogP contribution in [0.3, 0.4) is 0 Å². The van der Waals surface area contributed by atoms with Crippen molar-refractivity contribution in [1.82, 2.24) is 19.5 Å². The van der Waals surface area contributed by atoms with Crippen LogP contribution in [0.25, 0.3) is 0 Å². The number of nitrogens with one attached hydrogen (secondary N) is 2. The van der Waals surface area contributed by atoms with Gasteiger partial charge in [0.2, 0.25) is 10.0 Å². The van der Waals surface area contributed by atoms with Gasteiger partial charge in [0.1, 0.15) is 5.56 Å². The number of benzene rings is 1. The molecule has 9 heteroatoms. The average molecular weight is 390 g/mol. The smallest absolute Gasteiger partial charge is 0.260 e. The van der Waals surface area contributed by atoms with E-state index in [9.17, 15) is 18.0 Å².